The number of rotatable bonds is 9. The van der Waals surface area contributed by atoms with Crippen molar-refractivity contribution in [1.29, 1.82) is 0 Å². The van der Waals surface area contributed by atoms with Crippen LogP contribution < -0.4 is 16.0 Å². The van der Waals surface area contributed by atoms with E-state index in [4.69, 9.17) is 4.74 Å². The second-order valence-corrected chi connectivity index (χ2v) is 9.31. The smallest absolute Gasteiger partial charge is 0.300 e. The molecule has 16 heteroatoms. The normalized spacial score (nSPS) is 19.6. The molecule has 3 N–H and O–H groups in total. The van der Waals surface area contributed by atoms with Crippen LogP contribution in [0.1, 0.15) is 41.7 Å². The molecule has 0 saturated carbocycles. The zero-order chi connectivity index (χ0) is 29.3. The predicted octanol–water partition coefficient (Wildman–Crippen LogP) is 0.593. The van der Waals surface area contributed by atoms with Crippen molar-refractivity contribution in [2.24, 2.45) is 0 Å². The molecule has 3 atom stereocenters. The van der Waals surface area contributed by atoms with Crippen LogP contribution in [0.5, 0.6) is 0 Å². The number of nitro groups is 1. The number of nitro benzene ring substituents is 1. The van der Waals surface area contributed by atoms with Crippen molar-refractivity contribution in [3.63, 3.8) is 0 Å². The van der Waals surface area contributed by atoms with Crippen molar-refractivity contribution in [3.8, 4) is 0 Å². The second kappa shape index (κ2) is 11.2. The molecule has 2 aliphatic rings. The molecular weight excluding hydrogens is 542 g/mol. The van der Waals surface area contributed by atoms with E-state index in [0.29, 0.717) is 5.56 Å². The van der Waals surface area contributed by atoms with Crippen LogP contribution in [0.15, 0.2) is 41.0 Å². The number of non-ortho nitro benzene ring substituents is 1. The number of imide groups is 2. The molecule has 0 radical (unpaired) electrons. The fourth-order valence-corrected chi connectivity index (χ4v) is 4.72. The lowest BCUT2D eigenvalue weighted by Gasteiger charge is -2.38. The molecule has 5 amide bonds. The summed E-state index contributed by atoms with van der Waals surface area (Å²) in [5.41, 5.74) is 0.387. The lowest BCUT2D eigenvalue weighted by Crippen LogP contribution is -2.60. The Labute approximate surface area is 230 Å². The number of fused-ring (bicyclic) bond motifs is 2. The van der Waals surface area contributed by atoms with Gasteiger partial charge in [-0.2, -0.15) is 0 Å². The van der Waals surface area contributed by atoms with Gasteiger partial charge in [0.05, 0.1) is 17.2 Å². The number of carbonyl (C=O) groups excluding carboxylic acids is 5. The molecule has 3 aromatic rings. The Morgan fingerprint density at radius 3 is 2.71 bits per heavy atom. The highest BCUT2D eigenvalue weighted by Gasteiger charge is 2.45. The maximum absolute atomic E-state index is 13.4. The zero-order valence-corrected chi connectivity index (χ0v) is 21.5. The van der Waals surface area contributed by atoms with Crippen LogP contribution in [-0.4, -0.2) is 75.0 Å². The summed E-state index contributed by atoms with van der Waals surface area (Å²) in [5.74, 6) is -3.02. The molecule has 1 saturated heterocycles. The third-order valence-corrected chi connectivity index (χ3v) is 6.76. The number of amides is 5. The first kappa shape index (κ1) is 27.5. The molecule has 1 aromatic heterocycles. The highest BCUT2D eigenvalue weighted by Crippen LogP contribution is 2.31. The van der Waals surface area contributed by atoms with Crippen LogP contribution in [0.2, 0.25) is 0 Å². The van der Waals surface area contributed by atoms with E-state index < -0.39 is 52.6 Å². The van der Waals surface area contributed by atoms with Gasteiger partial charge in [-0.15, -0.1) is 0 Å². The largest absolute Gasteiger partial charge is 0.367 e. The number of anilines is 1. The van der Waals surface area contributed by atoms with E-state index in [1.54, 1.807) is 24.3 Å². The van der Waals surface area contributed by atoms with Crippen molar-refractivity contribution in [2.75, 3.05) is 18.5 Å². The molecule has 3 unspecified atom stereocenters. The fourth-order valence-electron chi connectivity index (χ4n) is 4.72. The topological polar surface area (TPSA) is 216 Å². The lowest BCUT2D eigenvalue weighted by molar-refractivity contribution is -0.383. The summed E-state index contributed by atoms with van der Waals surface area (Å²) >= 11 is 0. The number of hydrogen-bond donors (Lipinski definition) is 3. The van der Waals surface area contributed by atoms with Gasteiger partial charge in [0.2, 0.25) is 17.3 Å². The number of nitrogens with zero attached hydrogens (tertiary/aromatic N) is 4. The second-order valence-electron chi connectivity index (χ2n) is 9.31. The fraction of sp³-hybridized carbons (Fsp3) is 0.320. The number of piperidine rings is 1. The molecule has 2 aliphatic heterocycles. The Kier molecular flexibility index (Phi) is 7.50. The van der Waals surface area contributed by atoms with Crippen LogP contribution in [0, 0.1) is 10.1 Å². The Balaban J connectivity index is 1.22. The van der Waals surface area contributed by atoms with Gasteiger partial charge in [-0.05, 0) is 41.4 Å². The minimum Gasteiger partial charge on any atom is -0.367 e. The summed E-state index contributed by atoms with van der Waals surface area (Å²) in [6.07, 6.45) is -0.949. The Morgan fingerprint density at radius 1 is 1.20 bits per heavy atom. The number of benzene rings is 2. The Hall–Kier alpha value is -5.09. The number of ether oxygens (including phenoxy) is 1. The monoisotopic (exact) mass is 565 g/mol. The van der Waals surface area contributed by atoms with Crippen molar-refractivity contribution in [2.45, 2.75) is 38.0 Å². The van der Waals surface area contributed by atoms with E-state index in [9.17, 15) is 34.1 Å². The van der Waals surface area contributed by atoms with Gasteiger partial charge in [-0.3, -0.25) is 49.6 Å². The minimum absolute atomic E-state index is 0.000430. The predicted molar refractivity (Wildman–Crippen MR) is 137 cm³/mol. The first-order chi connectivity index (χ1) is 19.7. The van der Waals surface area contributed by atoms with Crippen LogP contribution >= 0.6 is 0 Å². The molecule has 2 aromatic carbocycles. The standard InChI is InChI=1S/C25H23N7O9/c1-12(22(34)27-15-6-7-16(32(38)39)21-20(15)29-41-30-21)40-11-10-26-19-13-4-2-3-5-14(13)24(36)31(25(19)37)17-8-9-18(33)28-23(17)35/h2-7,12,17,19,26H,8-11H2,1H3,(H,27,34)(H,28,33,35). The van der Waals surface area contributed by atoms with E-state index in [1.165, 1.54) is 19.1 Å². The Bertz CT molecular complexity index is 1590. The van der Waals surface area contributed by atoms with Gasteiger partial charge in [0.15, 0.2) is 5.52 Å². The number of nitrogens with one attached hydrogen (secondary N) is 3. The van der Waals surface area contributed by atoms with Crippen molar-refractivity contribution < 1.29 is 38.3 Å². The van der Waals surface area contributed by atoms with Gasteiger partial charge in [0.25, 0.3) is 17.7 Å². The lowest BCUT2D eigenvalue weighted by atomic mass is 9.91. The molecule has 0 spiro atoms. The van der Waals surface area contributed by atoms with Crippen LogP contribution in [-0.2, 0) is 23.9 Å². The van der Waals surface area contributed by atoms with Gasteiger partial charge in [0, 0.05) is 24.6 Å². The van der Waals surface area contributed by atoms with E-state index in [1.807, 2.05) is 0 Å². The van der Waals surface area contributed by atoms with Gasteiger partial charge >= 0.3 is 5.69 Å². The minimum atomic E-state index is -1.11. The van der Waals surface area contributed by atoms with Gasteiger partial charge < -0.3 is 10.1 Å². The third-order valence-electron chi connectivity index (χ3n) is 6.76. The van der Waals surface area contributed by atoms with Crippen LogP contribution in [0.4, 0.5) is 11.4 Å². The average molecular weight is 565 g/mol. The quantitative estimate of drug-likeness (QED) is 0.141. The molecular formula is C25H23N7O9. The summed E-state index contributed by atoms with van der Waals surface area (Å²) in [6, 6.07) is 6.89. The molecule has 212 valence electrons. The average Bonchev–Trinajstić information content (AvgIpc) is 3.44. The highest BCUT2D eigenvalue weighted by molar-refractivity contribution is 6.15. The van der Waals surface area contributed by atoms with Gasteiger partial charge in [0.1, 0.15) is 18.2 Å². The van der Waals surface area contributed by atoms with E-state index in [2.05, 4.69) is 30.9 Å². The van der Waals surface area contributed by atoms with E-state index in [0.717, 1.165) is 4.90 Å². The van der Waals surface area contributed by atoms with Crippen molar-refractivity contribution >= 4 is 51.9 Å². The summed E-state index contributed by atoms with van der Waals surface area (Å²) < 4.78 is 10.2. The molecule has 0 bridgehead atoms. The van der Waals surface area contributed by atoms with Crippen molar-refractivity contribution in [1.82, 2.24) is 25.8 Å². The van der Waals surface area contributed by atoms with Crippen LogP contribution in [0.25, 0.3) is 11.0 Å². The highest BCUT2D eigenvalue weighted by atomic mass is 16.6. The molecule has 16 nitrogen and oxygen atoms in total. The first-order valence-electron chi connectivity index (χ1n) is 12.5. The summed E-state index contributed by atoms with van der Waals surface area (Å²) in [6.45, 7) is 1.56. The summed E-state index contributed by atoms with van der Waals surface area (Å²) in [5, 5.41) is 26.1. The molecule has 3 heterocycles. The van der Waals surface area contributed by atoms with Crippen LogP contribution in [0.3, 0.4) is 0 Å². The molecule has 5 rings (SSSR count). The van der Waals surface area contributed by atoms with Crippen molar-refractivity contribution in [3.05, 3.63) is 57.6 Å². The molecule has 1 fully saturated rings. The maximum Gasteiger partial charge on any atom is 0.300 e. The zero-order valence-electron chi connectivity index (χ0n) is 21.5. The number of aromatic nitrogens is 2. The SMILES string of the molecule is CC(OCCNC1C(=O)N(C2CCC(=O)NC2=O)C(=O)c2ccccc21)C(=O)Nc1ccc([N+](=O)[O-])c2nonc12. The molecule has 41 heavy (non-hydrogen) atoms. The summed E-state index contributed by atoms with van der Waals surface area (Å²) in [4.78, 5) is 74.7. The maximum atomic E-state index is 13.4. The Morgan fingerprint density at radius 2 is 1.95 bits per heavy atom. The van der Waals surface area contributed by atoms with E-state index in [-0.39, 0.29) is 54.0 Å². The van der Waals surface area contributed by atoms with E-state index >= 15 is 0 Å². The molecule has 0 aliphatic carbocycles. The number of hydrogen-bond acceptors (Lipinski definition) is 12. The van der Waals surface area contributed by atoms with Gasteiger partial charge in [-0.25, -0.2) is 4.63 Å². The third kappa shape index (κ3) is 5.24. The summed E-state index contributed by atoms with van der Waals surface area (Å²) in [7, 11) is 0. The first-order valence-corrected chi connectivity index (χ1v) is 12.5. The number of carbonyl (C=O) groups is 5. The van der Waals surface area contributed by atoms with Gasteiger partial charge in [-0.1, -0.05) is 18.2 Å².